The van der Waals surface area contributed by atoms with Crippen LogP contribution in [0, 0.1) is 11.8 Å². The van der Waals surface area contributed by atoms with Crippen LogP contribution in [0.4, 0.5) is 0 Å². The topological polar surface area (TPSA) is 83.9 Å². The zero-order valence-electron chi connectivity index (χ0n) is 8.51. The van der Waals surface area contributed by atoms with Gasteiger partial charge in [0.15, 0.2) is 5.54 Å². The van der Waals surface area contributed by atoms with Crippen molar-refractivity contribution in [1.82, 2.24) is 4.90 Å². The van der Waals surface area contributed by atoms with E-state index in [1.807, 2.05) is 0 Å². The molecule has 1 N–H and O–H groups in total. The van der Waals surface area contributed by atoms with Crippen LogP contribution in [-0.4, -0.2) is 46.5 Å². The number of carboxylic acids is 1. The SMILES string of the molecule is O=C1C2CC2C(=O)N1C1(C(=O)O)CCOC1. The van der Waals surface area contributed by atoms with Crippen LogP contribution < -0.4 is 0 Å². The molecule has 2 saturated heterocycles. The smallest absolute Gasteiger partial charge is 0.332 e. The van der Waals surface area contributed by atoms with Crippen molar-refractivity contribution in [1.29, 1.82) is 0 Å². The molecule has 0 spiro atoms. The Morgan fingerprint density at radius 1 is 1.38 bits per heavy atom. The van der Waals surface area contributed by atoms with Crippen LogP contribution >= 0.6 is 0 Å². The minimum absolute atomic E-state index is 0.0841. The number of carboxylic acid groups (broad SMARTS) is 1. The van der Waals surface area contributed by atoms with Gasteiger partial charge in [0.1, 0.15) is 0 Å². The molecule has 6 nitrogen and oxygen atoms in total. The van der Waals surface area contributed by atoms with Gasteiger partial charge in [-0.05, 0) is 6.42 Å². The van der Waals surface area contributed by atoms with Crippen LogP contribution in [0.5, 0.6) is 0 Å². The zero-order chi connectivity index (χ0) is 11.5. The van der Waals surface area contributed by atoms with E-state index in [1.54, 1.807) is 0 Å². The van der Waals surface area contributed by atoms with Gasteiger partial charge in [0, 0.05) is 13.0 Å². The average Bonchev–Trinajstić information content (AvgIpc) is 2.82. The van der Waals surface area contributed by atoms with Gasteiger partial charge in [-0.25, -0.2) is 4.79 Å². The lowest BCUT2D eigenvalue weighted by Gasteiger charge is -2.32. The van der Waals surface area contributed by atoms with Gasteiger partial charge in [0.2, 0.25) is 11.8 Å². The molecule has 3 rings (SSSR count). The second-order valence-corrected chi connectivity index (χ2v) is 4.60. The largest absolute Gasteiger partial charge is 0.479 e. The van der Waals surface area contributed by atoms with Crippen LogP contribution in [0.25, 0.3) is 0 Å². The minimum Gasteiger partial charge on any atom is -0.479 e. The highest BCUT2D eigenvalue weighted by molar-refractivity contribution is 6.12. The lowest BCUT2D eigenvalue weighted by molar-refractivity contribution is -0.164. The highest BCUT2D eigenvalue weighted by Crippen LogP contribution is 2.50. The lowest BCUT2D eigenvalue weighted by Crippen LogP contribution is -2.58. The predicted octanol–water partition coefficient (Wildman–Crippen LogP) is -0.765. The van der Waals surface area contributed by atoms with Crippen molar-refractivity contribution in [3.8, 4) is 0 Å². The molecule has 6 heteroatoms. The van der Waals surface area contributed by atoms with Gasteiger partial charge in [-0.2, -0.15) is 0 Å². The highest BCUT2D eigenvalue weighted by atomic mass is 16.5. The number of likely N-dealkylation sites (tertiary alicyclic amines) is 1. The van der Waals surface area contributed by atoms with Gasteiger partial charge in [0.05, 0.1) is 18.4 Å². The fourth-order valence-electron chi connectivity index (χ4n) is 2.60. The summed E-state index contributed by atoms with van der Waals surface area (Å²) in [5, 5.41) is 9.23. The van der Waals surface area contributed by atoms with Crippen LogP contribution in [-0.2, 0) is 19.1 Å². The van der Waals surface area contributed by atoms with Crippen LogP contribution in [0.15, 0.2) is 0 Å². The number of hydrogen-bond donors (Lipinski definition) is 1. The molecule has 0 radical (unpaired) electrons. The molecule has 3 unspecified atom stereocenters. The molecule has 1 saturated carbocycles. The van der Waals surface area contributed by atoms with Crippen molar-refractivity contribution < 1.29 is 24.2 Å². The minimum atomic E-state index is -1.44. The third-order valence-corrected chi connectivity index (χ3v) is 3.69. The van der Waals surface area contributed by atoms with Crippen molar-refractivity contribution in [2.24, 2.45) is 11.8 Å². The van der Waals surface area contributed by atoms with Gasteiger partial charge >= 0.3 is 5.97 Å². The Labute approximate surface area is 91.2 Å². The Morgan fingerprint density at radius 2 is 2.00 bits per heavy atom. The fourth-order valence-corrected chi connectivity index (χ4v) is 2.60. The molecule has 16 heavy (non-hydrogen) atoms. The predicted molar refractivity (Wildman–Crippen MR) is 49.3 cm³/mol. The number of fused-ring (bicyclic) bond motifs is 1. The first kappa shape index (κ1) is 9.77. The van der Waals surface area contributed by atoms with Crippen molar-refractivity contribution >= 4 is 17.8 Å². The van der Waals surface area contributed by atoms with Crippen LogP contribution in [0.2, 0.25) is 0 Å². The normalized spacial score (nSPS) is 41.4. The Kier molecular flexibility index (Phi) is 1.72. The maximum Gasteiger partial charge on any atom is 0.332 e. The van der Waals surface area contributed by atoms with Gasteiger partial charge in [0.25, 0.3) is 0 Å². The number of rotatable bonds is 2. The number of carbonyl (C=O) groups excluding carboxylic acids is 2. The monoisotopic (exact) mass is 225 g/mol. The molecule has 0 aromatic rings. The average molecular weight is 225 g/mol. The molecule has 0 aromatic heterocycles. The molecule has 0 aromatic carbocycles. The summed E-state index contributed by atoms with van der Waals surface area (Å²) < 4.78 is 5.05. The van der Waals surface area contributed by atoms with Gasteiger partial charge in [-0.1, -0.05) is 0 Å². The second-order valence-electron chi connectivity index (χ2n) is 4.60. The van der Waals surface area contributed by atoms with E-state index < -0.39 is 11.5 Å². The van der Waals surface area contributed by atoms with Crippen LogP contribution in [0.1, 0.15) is 12.8 Å². The molecular formula is C10H11NO5. The summed E-state index contributed by atoms with van der Waals surface area (Å²) in [5.74, 6) is -2.33. The number of amides is 2. The number of nitrogens with zero attached hydrogens (tertiary/aromatic N) is 1. The number of carbonyl (C=O) groups is 3. The molecule has 86 valence electrons. The first-order valence-corrected chi connectivity index (χ1v) is 5.27. The molecule has 2 amide bonds. The van der Waals surface area contributed by atoms with Crippen molar-refractivity contribution in [2.75, 3.05) is 13.2 Å². The van der Waals surface area contributed by atoms with E-state index in [0.29, 0.717) is 6.42 Å². The number of aliphatic carboxylic acids is 1. The van der Waals surface area contributed by atoms with Gasteiger partial charge in [-0.3, -0.25) is 14.5 Å². The summed E-state index contributed by atoms with van der Waals surface area (Å²) in [5.41, 5.74) is -1.44. The number of ether oxygens (including phenoxy) is 1. The molecule has 0 bridgehead atoms. The van der Waals surface area contributed by atoms with Gasteiger partial charge in [-0.15, -0.1) is 0 Å². The molecular weight excluding hydrogens is 214 g/mol. The molecule has 2 heterocycles. The van der Waals surface area contributed by atoms with E-state index in [9.17, 15) is 19.5 Å². The zero-order valence-corrected chi connectivity index (χ0v) is 8.51. The third-order valence-electron chi connectivity index (χ3n) is 3.69. The quantitative estimate of drug-likeness (QED) is 0.624. The standard InChI is InChI=1S/C10H11NO5/c12-7-5-3-6(5)8(13)11(7)10(9(14)15)1-2-16-4-10/h5-6H,1-4H2,(H,14,15). The van der Waals surface area contributed by atoms with E-state index >= 15 is 0 Å². The number of hydrogen-bond acceptors (Lipinski definition) is 4. The Hall–Kier alpha value is -1.43. The number of imide groups is 1. The van der Waals surface area contributed by atoms with Crippen molar-refractivity contribution in [2.45, 2.75) is 18.4 Å². The highest BCUT2D eigenvalue weighted by Gasteiger charge is 2.66. The third kappa shape index (κ3) is 0.974. The molecule has 2 aliphatic heterocycles. The maximum atomic E-state index is 11.8. The molecule has 3 fully saturated rings. The summed E-state index contributed by atoms with van der Waals surface area (Å²) in [7, 11) is 0. The maximum absolute atomic E-state index is 11.8. The second kappa shape index (κ2) is 2.82. The first-order chi connectivity index (χ1) is 7.58. The first-order valence-electron chi connectivity index (χ1n) is 5.27. The summed E-state index contributed by atoms with van der Waals surface area (Å²) in [6, 6.07) is 0. The summed E-state index contributed by atoms with van der Waals surface area (Å²) >= 11 is 0. The molecule has 3 aliphatic rings. The Bertz CT molecular complexity index is 378. The van der Waals surface area contributed by atoms with E-state index in [2.05, 4.69) is 0 Å². The summed E-state index contributed by atoms with van der Waals surface area (Å²) in [6.07, 6.45) is 0.782. The Balaban J connectivity index is 1.99. The number of piperidine rings is 1. The summed E-state index contributed by atoms with van der Waals surface area (Å²) in [4.78, 5) is 35.9. The fraction of sp³-hybridized carbons (Fsp3) is 0.700. The Morgan fingerprint density at radius 3 is 2.44 bits per heavy atom. The molecule has 1 aliphatic carbocycles. The molecule has 3 atom stereocenters. The summed E-state index contributed by atoms with van der Waals surface area (Å²) in [6.45, 7) is 0.192. The van der Waals surface area contributed by atoms with Gasteiger partial charge < -0.3 is 9.84 Å². The van der Waals surface area contributed by atoms with Crippen molar-refractivity contribution in [3.05, 3.63) is 0 Å². The van der Waals surface area contributed by atoms with E-state index in [-0.39, 0.29) is 43.3 Å². The van der Waals surface area contributed by atoms with E-state index in [4.69, 9.17) is 4.74 Å². The van der Waals surface area contributed by atoms with E-state index in [0.717, 1.165) is 4.90 Å². The van der Waals surface area contributed by atoms with Crippen molar-refractivity contribution in [3.63, 3.8) is 0 Å². The van der Waals surface area contributed by atoms with Crippen LogP contribution in [0.3, 0.4) is 0 Å². The lowest BCUT2D eigenvalue weighted by atomic mass is 9.96. The van der Waals surface area contributed by atoms with E-state index in [1.165, 1.54) is 0 Å².